The van der Waals surface area contributed by atoms with Crippen LogP contribution in [0.15, 0.2) is 47.4 Å². The number of hydrogen-bond donors (Lipinski definition) is 1. The number of nitro groups is 1. The molecule has 0 fully saturated rings. The molecule has 166 valence electrons. The standard InChI is InChI=1S/C19H20ClN3O7S/c1-3-22(4-2)31(28,29)15-8-5-13(6-9-15)19(25)30-12-18(24)21-14-7-10-16(20)17(11-14)23(26)27/h5-11H,3-4,12H2,1-2H3,(H,21,24). The highest BCUT2D eigenvalue weighted by molar-refractivity contribution is 7.89. The number of benzene rings is 2. The van der Waals surface area contributed by atoms with Gasteiger partial charge >= 0.3 is 5.97 Å². The lowest BCUT2D eigenvalue weighted by Crippen LogP contribution is -2.30. The maximum Gasteiger partial charge on any atom is 0.338 e. The zero-order valence-corrected chi connectivity index (χ0v) is 18.3. The molecule has 12 heteroatoms. The van der Waals surface area contributed by atoms with Crippen LogP contribution in [0.25, 0.3) is 0 Å². The molecule has 0 unspecified atom stereocenters. The van der Waals surface area contributed by atoms with Crippen LogP contribution in [-0.4, -0.2) is 49.2 Å². The quantitative estimate of drug-likeness (QED) is 0.338. The summed E-state index contributed by atoms with van der Waals surface area (Å²) in [6.45, 7) is 3.43. The van der Waals surface area contributed by atoms with Crippen molar-refractivity contribution in [2.24, 2.45) is 0 Å². The summed E-state index contributed by atoms with van der Waals surface area (Å²) in [5.74, 6) is -1.55. The van der Waals surface area contributed by atoms with Crippen LogP contribution in [0.3, 0.4) is 0 Å². The van der Waals surface area contributed by atoms with Crippen molar-refractivity contribution in [3.8, 4) is 0 Å². The number of carbonyl (C=O) groups is 2. The molecule has 0 aliphatic carbocycles. The van der Waals surface area contributed by atoms with Gasteiger partial charge in [0, 0.05) is 24.8 Å². The van der Waals surface area contributed by atoms with Crippen LogP contribution in [0.1, 0.15) is 24.2 Å². The summed E-state index contributed by atoms with van der Waals surface area (Å²) in [5.41, 5.74) is -0.201. The van der Waals surface area contributed by atoms with Crippen LogP contribution in [0.5, 0.6) is 0 Å². The number of nitrogens with one attached hydrogen (secondary N) is 1. The summed E-state index contributed by atoms with van der Waals surface area (Å²) in [6, 6.07) is 8.86. The van der Waals surface area contributed by atoms with E-state index in [-0.39, 0.29) is 26.9 Å². The van der Waals surface area contributed by atoms with Crippen LogP contribution in [0.2, 0.25) is 5.02 Å². The maximum atomic E-state index is 12.5. The molecule has 0 heterocycles. The molecule has 2 rings (SSSR count). The summed E-state index contributed by atoms with van der Waals surface area (Å²) < 4.78 is 31.1. The lowest BCUT2D eigenvalue weighted by molar-refractivity contribution is -0.384. The van der Waals surface area contributed by atoms with Crippen molar-refractivity contribution in [2.45, 2.75) is 18.7 Å². The molecular weight excluding hydrogens is 450 g/mol. The molecular formula is C19H20ClN3O7S. The third-order valence-corrected chi connectivity index (χ3v) is 6.58. The number of halogens is 1. The third kappa shape index (κ3) is 6.00. The largest absolute Gasteiger partial charge is 0.452 e. The molecule has 0 atom stereocenters. The Morgan fingerprint density at radius 1 is 1.13 bits per heavy atom. The highest BCUT2D eigenvalue weighted by Crippen LogP contribution is 2.27. The minimum atomic E-state index is -3.66. The molecule has 0 aliphatic rings. The van der Waals surface area contributed by atoms with Gasteiger partial charge in [-0.2, -0.15) is 4.31 Å². The van der Waals surface area contributed by atoms with Gasteiger partial charge in [-0.1, -0.05) is 25.4 Å². The number of amides is 1. The molecule has 0 bridgehead atoms. The fourth-order valence-corrected chi connectivity index (χ4v) is 4.26. The number of nitrogens with zero attached hydrogens (tertiary/aromatic N) is 2. The Bertz CT molecular complexity index is 1080. The average molecular weight is 470 g/mol. The summed E-state index contributed by atoms with van der Waals surface area (Å²) in [7, 11) is -3.66. The number of rotatable bonds is 9. The second kappa shape index (κ2) is 10.3. The van der Waals surface area contributed by atoms with Crippen molar-refractivity contribution < 1.29 is 27.7 Å². The Morgan fingerprint density at radius 3 is 2.29 bits per heavy atom. The van der Waals surface area contributed by atoms with Crippen molar-refractivity contribution in [2.75, 3.05) is 25.0 Å². The normalized spacial score (nSPS) is 11.2. The van der Waals surface area contributed by atoms with E-state index in [9.17, 15) is 28.1 Å². The first-order valence-electron chi connectivity index (χ1n) is 9.11. The monoisotopic (exact) mass is 469 g/mol. The zero-order chi connectivity index (χ0) is 23.2. The SMILES string of the molecule is CCN(CC)S(=O)(=O)c1ccc(C(=O)OCC(=O)Nc2ccc(Cl)c([N+](=O)[O-])c2)cc1. The molecule has 0 radical (unpaired) electrons. The first-order valence-corrected chi connectivity index (χ1v) is 10.9. The number of sulfonamides is 1. The maximum absolute atomic E-state index is 12.5. The van der Waals surface area contributed by atoms with E-state index in [4.69, 9.17) is 16.3 Å². The number of anilines is 1. The molecule has 0 spiro atoms. The number of esters is 1. The van der Waals surface area contributed by atoms with Crippen molar-refractivity contribution >= 4 is 44.9 Å². The van der Waals surface area contributed by atoms with Gasteiger partial charge in [-0.15, -0.1) is 0 Å². The molecule has 0 aromatic heterocycles. The van der Waals surface area contributed by atoms with Gasteiger partial charge in [0.05, 0.1) is 15.4 Å². The van der Waals surface area contributed by atoms with E-state index >= 15 is 0 Å². The fourth-order valence-electron chi connectivity index (χ4n) is 2.62. The number of carbonyl (C=O) groups excluding carboxylic acids is 2. The smallest absolute Gasteiger partial charge is 0.338 e. The molecule has 2 aromatic rings. The van der Waals surface area contributed by atoms with Crippen molar-refractivity contribution in [3.63, 3.8) is 0 Å². The first kappa shape index (κ1) is 24.3. The van der Waals surface area contributed by atoms with E-state index in [1.807, 2.05) is 0 Å². The molecule has 0 saturated heterocycles. The Kier molecular flexibility index (Phi) is 8.08. The molecule has 31 heavy (non-hydrogen) atoms. The minimum absolute atomic E-state index is 0.0369. The molecule has 1 amide bonds. The fraction of sp³-hybridized carbons (Fsp3) is 0.263. The highest BCUT2D eigenvalue weighted by Gasteiger charge is 2.22. The molecule has 1 N–H and O–H groups in total. The van der Waals surface area contributed by atoms with Gasteiger partial charge in [0.25, 0.3) is 11.6 Å². The van der Waals surface area contributed by atoms with E-state index in [0.717, 1.165) is 6.07 Å². The van der Waals surface area contributed by atoms with Gasteiger partial charge in [0.2, 0.25) is 10.0 Å². The number of nitro benzene ring substituents is 1. The van der Waals surface area contributed by atoms with Crippen molar-refractivity contribution in [3.05, 3.63) is 63.2 Å². The van der Waals surface area contributed by atoms with Gasteiger partial charge in [-0.05, 0) is 36.4 Å². The van der Waals surface area contributed by atoms with Gasteiger partial charge in [0.1, 0.15) is 5.02 Å². The van der Waals surface area contributed by atoms with Crippen molar-refractivity contribution in [1.29, 1.82) is 0 Å². The van der Waals surface area contributed by atoms with Crippen LogP contribution < -0.4 is 5.32 Å². The predicted octanol–water partition coefficient (Wildman–Crippen LogP) is 3.07. The van der Waals surface area contributed by atoms with Gasteiger partial charge in [-0.3, -0.25) is 14.9 Å². The molecule has 10 nitrogen and oxygen atoms in total. The second-order valence-electron chi connectivity index (χ2n) is 6.16. The summed E-state index contributed by atoms with van der Waals surface area (Å²) in [6.07, 6.45) is 0. The summed E-state index contributed by atoms with van der Waals surface area (Å²) >= 11 is 5.71. The Balaban J connectivity index is 1.99. The average Bonchev–Trinajstić information content (AvgIpc) is 2.74. The molecule has 0 aliphatic heterocycles. The van der Waals surface area contributed by atoms with E-state index in [1.54, 1.807) is 13.8 Å². The molecule has 0 saturated carbocycles. The van der Waals surface area contributed by atoms with E-state index < -0.39 is 33.4 Å². The Morgan fingerprint density at radius 2 is 1.74 bits per heavy atom. The van der Waals surface area contributed by atoms with Crippen LogP contribution in [0.4, 0.5) is 11.4 Å². The van der Waals surface area contributed by atoms with Gasteiger partial charge < -0.3 is 10.1 Å². The summed E-state index contributed by atoms with van der Waals surface area (Å²) in [4.78, 5) is 34.3. The first-order chi connectivity index (χ1) is 14.6. The minimum Gasteiger partial charge on any atom is -0.452 e. The van der Waals surface area contributed by atoms with E-state index in [2.05, 4.69) is 5.32 Å². The Labute approximate surface area is 184 Å². The van der Waals surface area contributed by atoms with Crippen LogP contribution in [-0.2, 0) is 19.6 Å². The van der Waals surface area contributed by atoms with E-state index in [0.29, 0.717) is 13.1 Å². The highest BCUT2D eigenvalue weighted by atomic mass is 35.5. The van der Waals surface area contributed by atoms with Crippen LogP contribution in [0, 0.1) is 10.1 Å². The number of hydrogen-bond acceptors (Lipinski definition) is 7. The topological polar surface area (TPSA) is 136 Å². The predicted molar refractivity (Wildman–Crippen MR) is 114 cm³/mol. The Hall–Kier alpha value is -3.02. The van der Waals surface area contributed by atoms with Gasteiger partial charge in [-0.25, -0.2) is 13.2 Å². The lowest BCUT2D eigenvalue weighted by Gasteiger charge is -2.18. The van der Waals surface area contributed by atoms with Gasteiger partial charge in [0.15, 0.2) is 6.61 Å². The summed E-state index contributed by atoms with van der Waals surface area (Å²) in [5, 5.41) is 13.2. The van der Waals surface area contributed by atoms with Crippen LogP contribution >= 0.6 is 11.6 Å². The lowest BCUT2D eigenvalue weighted by atomic mass is 10.2. The second-order valence-corrected chi connectivity index (χ2v) is 8.51. The zero-order valence-electron chi connectivity index (χ0n) is 16.7. The van der Waals surface area contributed by atoms with Crippen molar-refractivity contribution in [1.82, 2.24) is 4.31 Å². The number of ether oxygens (including phenoxy) is 1. The molecule has 2 aromatic carbocycles. The third-order valence-electron chi connectivity index (χ3n) is 4.19. The van der Waals surface area contributed by atoms with E-state index in [1.165, 1.54) is 40.7 Å².